The van der Waals surface area contributed by atoms with Gasteiger partial charge in [0.2, 0.25) is 0 Å². The summed E-state index contributed by atoms with van der Waals surface area (Å²) >= 11 is 0. The molecule has 0 spiro atoms. The van der Waals surface area contributed by atoms with Gasteiger partial charge in [-0.1, -0.05) is 6.42 Å². The lowest BCUT2D eigenvalue weighted by atomic mass is 9.85. The van der Waals surface area contributed by atoms with Crippen LogP contribution in [0.15, 0.2) is 0 Å². The number of rotatable bonds is 5. The van der Waals surface area contributed by atoms with E-state index in [0.717, 1.165) is 6.54 Å². The summed E-state index contributed by atoms with van der Waals surface area (Å²) in [4.78, 5) is 0. The van der Waals surface area contributed by atoms with Gasteiger partial charge in [0.1, 0.15) is 6.10 Å². The number of halogens is 2. The monoisotopic (exact) mass is 179 g/mol. The Kier molecular flexibility index (Phi) is 3.88. The SMILES string of the molecule is OC(CNCC1CCC1)C(F)F. The average Bonchev–Trinajstić information content (AvgIpc) is 1.93. The Balaban J connectivity index is 1.93. The summed E-state index contributed by atoms with van der Waals surface area (Å²) in [5, 5.41) is 11.6. The molecule has 0 aromatic rings. The quantitative estimate of drug-likeness (QED) is 0.660. The van der Waals surface area contributed by atoms with Crippen LogP contribution in [0.4, 0.5) is 8.78 Å². The van der Waals surface area contributed by atoms with Crippen molar-refractivity contribution in [3.8, 4) is 0 Å². The lowest BCUT2D eigenvalue weighted by Gasteiger charge is -2.25. The first-order valence-corrected chi connectivity index (χ1v) is 4.37. The van der Waals surface area contributed by atoms with Crippen molar-refractivity contribution in [3.05, 3.63) is 0 Å². The minimum absolute atomic E-state index is 0.00810. The van der Waals surface area contributed by atoms with Crippen molar-refractivity contribution < 1.29 is 13.9 Å². The van der Waals surface area contributed by atoms with Crippen LogP contribution in [0.3, 0.4) is 0 Å². The summed E-state index contributed by atoms with van der Waals surface area (Å²) in [5.74, 6) is 0.648. The second-order valence-corrected chi connectivity index (χ2v) is 3.36. The highest BCUT2D eigenvalue weighted by molar-refractivity contribution is 4.72. The summed E-state index contributed by atoms with van der Waals surface area (Å²) in [6.45, 7) is 0.776. The molecule has 0 aliphatic heterocycles. The maximum atomic E-state index is 11.8. The molecule has 72 valence electrons. The van der Waals surface area contributed by atoms with Gasteiger partial charge < -0.3 is 10.4 Å². The van der Waals surface area contributed by atoms with Crippen molar-refractivity contribution in [1.29, 1.82) is 0 Å². The lowest BCUT2D eigenvalue weighted by Crippen LogP contribution is -2.36. The molecule has 1 fully saturated rings. The smallest absolute Gasteiger partial charge is 0.265 e. The zero-order chi connectivity index (χ0) is 8.97. The molecule has 12 heavy (non-hydrogen) atoms. The number of hydrogen-bond donors (Lipinski definition) is 2. The predicted molar refractivity (Wildman–Crippen MR) is 42.2 cm³/mol. The largest absolute Gasteiger partial charge is 0.386 e. The molecule has 1 atom stereocenters. The molecule has 1 saturated carbocycles. The van der Waals surface area contributed by atoms with Crippen molar-refractivity contribution >= 4 is 0 Å². The zero-order valence-corrected chi connectivity index (χ0v) is 6.97. The van der Waals surface area contributed by atoms with E-state index >= 15 is 0 Å². The average molecular weight is 179 g/mol. The maximum Gasteiger partial charge on any atom is 0.265 e. The van der Waals surface area contributed by atoms with E-state index in [2.05, 4.69) is 5.32 Å². The number of alkyl halides is 2. The Hall–Kier alpha value is -0.220. The summed E-state index contributed by atoms with van der Waals surface area (Å²) in [6, 6.07) is 0. The summed E-state index contributed by atoms with van der Waals surface area (Å²) in [6.07, 6.45) is -0.497. The van der Waals surface area contributed by atoms with Crippen molar-refractivity contribution in [2.45, 2.75) is 31.8 Å². The molecule has 0 radical (unpaired) electrons. The maximum absolute atomic E-state index is 11.8. The predicted octanol–water partition coefficient (Wildman–Crippen LogP) is 1.00. The van der Waals surface area contributed by atoms with Gasteiger partial charge >= 0.3 is 0 Å². The summed E-state index contributed by atoms with van der Waals surface area (Å²) < 4.78 is 23.5. The molecule has 0 bridgehead atoms. The van der Waals surface area contributed by atoms with Crippen LogP contribution in [0.25, 0.3) is 0 Å². The molecule has 1 aliphatic rings. The Morgan fingerprint density at radius 1 is 1.42 bits per heavy atom. The second kappa shape index (κ2) is 4.72. The van der Waals surface area contributed by atoms with E-state index < -0.39 is 12.5 Å². The molecule has 2 N–H and O–H groups in total. The van der Waals surface area contributed by atoms with E-state index in [1.165, 1.54) is 19.3 Å². The zero-order valence-electron chi connectivity index (χ0n) is 6.97. The van der Waals surface area contributed by atoms with Gasteiger partial charge in [0, 0.05) is 6.54 Å². The molecular formula is C8H15F2NO. The van der Waals surface area contributed by atoms with Gasteiger partial charge in [-0.05, 0) is 25.3 Å². The van der Waals surface area contributed by atoms with E-state index in [0.29, 0.717) is 5.92 Å². The number of aliphatic hydroxyl groups is 1. The molecular weight excluding hydrogens is 164 g/mol. The van der Waals surface area contributed by atoms with Gasteiger partial charge in [0.05, 0.1) is 0 Å². The van der Waals surface area contributed by atoms with Crippen molar-refractivity contribution in [3.63, 3.8) is 0 Å². The minimum atomic E-state index is -2.63. The third kappa shape index (κ3) is 3.03. The van der Waals surface area contributed by atoms with E-state index in [9.17, 15) is 8.78 Å². The second-order valence-electron chi connectivity index (χ2n) is 3.36. The highest BCUT2D eigenvalue weighted by Crippen LogP contribution is 2.25. The van der Waals surface area contributed by atoms with Crippen LogP contribution < -0.4 is 5.32 Å². The summed E-state index contributed by atoms with van der Waals surface area (Å²) in [7, 11) is 0. The molecule has 1 rings (SSSR count). The first kappa shape index (κ1) is 9.86. The molecule has 0 amide bonds. The van der Waals surface area contributed by atoms with Gasteiger partial charge in [0.15, 0.2) is 0 Å². The minimum Gasteiger partial charge on any atom is -0.386 e. The Bertz CT molecular complexity index is 128. The Morgan fingerprint density at radius 2 is 2.08 bits per heavy atom. The molecule has 1 aliphatic carbocycles. The van der Waals surface area contributed by atoms with Gasteiger partial charge in [0.25, 0.3) is 6.43 Å². The molecule has 1 unspecified atom stereocenters. The van der Waals surface area contributed by atoms with Gasteiger partial charge in [-0.3, -0.25) is 0 Å². The van der Waals surface area contributed by atoms with Crippen molar-refractivity contribution in [2.75, 3.05) is 13.1 Å². The van der Waals surface area contributed by atoms with Crippen molar-refractivity contribution in [2.24, 2.45) is 5.92 Å². The van der Waals surface area contributed by atoms with Crippen LogP contribution in [-0.2, 0) is 0 Å². The van der Waals surface area contributed by atoms with Crippen LogP contribution in [0.2, 0.25) is 0 Å². The fraction of sp³-hybridized carbons (Fsp3) is 1.00. The van der Waals surface area contributed by atoms with Crippen LogP contribution in [0, 0.1) is 5.92 Å². The lowest BCUT2D eigenvalue weighted by molar-refractivity contribution is -0.00400. The first-order chi connectivity index (χ1) is 5.70. The number of nitrogens with one attached hydrogen (secondary N) is 1. The molecule has 0 aromatic carbocycles. The Labute approximate surface area is 71.0 Å². The van der Waals surface area contributed by atoms with Crippen LogP contribution in [-0.4, -0.2) is 30.7 Å². The molecule has 0 saturated heterocycles. The molecule has 4 heteroatoms. The van der Waals surface area contributed by atoms with Crippen LogP contribution >= 0.6 is 0 Å². The third-order valence-electron chi connectivity index (χ3n) is 2.30. The van der Waals surface area contributed by atoms with Gasteiger partial charge in [-0.2, -0.15) is 0 Å². The van der Waals surface area contributed by atoms with E-state index in [4.69, 9.17) is 5.11 Å². The van der Waals surface area contributed by atoms with Gasteiger partial charge in [-0.25, -0.2) is 8.78 Å². The molecule has 2 nitrogen and oxygen atoms in total. The summed E-state index contributed by atoms with van der Waals surface area (Å²) in [5.41, 5.74) is 0. The first-order valence-electron chi connectivity index (χ1n) is 4.37. The standard InChI is InChI=1S/C8H15F2NO/c9-8(10)7(12)5-11-4-6-2-1-3-6/h6-8,11-12H,1-5H2. The molecule has 0 heterocycles. The van der Waals surface area contributed by atoms with E-state index in [1.54, 1.807) is 0 Å². The fourth-order valence-electron chi connectivity index (χ4n) is 1.22. The van der Waals surface area contributed by atoms with Gasteiger partial charge in [-0.15, -0.1) is 0 Å². The number of hydrogen-bond acceptors (Lipinski definition) is 2. The highest BCUT2D eigenvalue weighted by Gasteiger charge is 2.19. The highest BCUT2D eigenvalue weighted by atomic mass is 19.3. The normalized spacial score (nSPS) is 21.0. The van der Waals surface area contributed by atoms with E-state index in [1.807, 2.05) is 0 Å². The van der Waals surface area contributed by atoms with Crippen LogP contribution in [0.1, 0.15) is 19.3 Å². The molecule has 0 aromatic heterocycles. The number of aliphatic hydroxyl groups excluding tert-OH is 1. The fourth-order valence-corrected chi connectivity index (χ4v) is 1.22. The topological polar surface area (TPSA) is 32.3 Å². The third-order valence-corrected chi connectivity index (χ3v) is 2.30. The van der Waals surface area contributed by atoms with Crippen molar-refractivity contribution in [1.82, 2.24) is 5.32 Å². The van der Waals surface area contributed by atoms with Crippen LogP contribution in [0.5, 0.6) is 0 Å². The Morgan fingerprint density at radius 3 is 2.50 bits per heavy atom. The van der Waals surface area contributed by atoms with E-state index in [-0.39, 0.29) is 6.54 Å².